The van der Waals surface area contributed by atoms with Crippen molar-refractivity contribution in [2.24, 2.45) is 0 Å². The van der Waals surface area contributed by atoms with E-state index in [0.29, 0.717) is 5.56 Å². The summed E-state index contributed by atoms with van der Waals surface area (Å²) in [5, 5.41) is 12.3. The van der Waals surface area contributed by atoms with E-state index in [1.54, 1.807) is 0 Å². The lowest BCUT2D eigenvalue weighted by Crippen LogP contribution is -2.32. The van der Waals surface area contributed by atoms with Crippen molar-refractivity contribution in [2.75, 3.05) is 6.61 Å². The quantitative estimate of drug-likeness (QED) is 0.812. The third-order valence-corrected chi connectivity index (χ3v) is 2.57. The smallest absolute Gasteiger partial charge is 0.126 e. The van der Waals surface area contributed by atoms with Gasteiger partial charge in [0.25, 0.3) is 0 Å². The SMILES string of the molecule is CCC(C)NC(CO)c1cc(F)cc(F)c1. The van der Waals surface area contributed by atoms with Crippen LogP contribution >= 0.6 is 0 Å². The van der Waals surface area contributed by atoms with Crippen LogP contribution in [0.25, 0.3) is 0 Å². The summed E-state index contributed by atoms with van der Waals surface area (Å²) in [6, 6.07) is 3.04. The van der Waals surface area contributed by atoms with Crippen LogP contribution < -0.4 is 5.32 Å². The Kier molecular flexibility index (Phi) is 4.83. The summed E-state index contributed by atoms with van der Waals surface area (Å²) in [4.78, 5) is 0. The number of hydrogen-bond donors (Lipinski definition) is 2. The highest BCUT2D eigenvalue weighted by molar-refractivity contribution is 5.21. The van der Waals surface area contributed by atoms with E-state index in [2.05, 4.69) is 5.32 Å². The van der Waals surface area contributed by atoms with Gasteiger partial charge in [0.2, 0.25) is 0 Å². The number of hydrogen-bond acceptors (Lipinski definition) is 2. The van der Waals surface area contributed by atoms with Gasteiger partial charge < -0.3 is 10.4 Å². The van der Waals surface area contributed by atoms with Gasteiger partial charge in [-0.3, -0.25) is 0 Å². The second-order valence-corrected chi connectivity index (χ2v) is 3.91. The second-order valence-electron chi connectivity index (χ2n) is 3.91. The predicted molar refractivity (Wildman–Crippen MR) is 59.1 cm³/mol. The number of rotatable bonds is 5. The topological polar surface area (TPSA) is 32.3 Å². The molecule has 16 heavy (non-hydrogen) atoms. The van der Waals surface area contributed by atoms with Gasteiger partial charge in [-0.05, 0) is 31.0 Å². The molecular formula is C12H17F2NO. The van der Waals surface area contributed by atoms with Crippen molar-refractivity contribution >= 4 is 0 Å². The van der Waals surface area contributed by atoms with Gasteiger partial charge in [-0.2, -0.15) is 0 Å². The highest BCUT2D eigenvalue weighted by Gasteiger charge is 2.14. The summed E-state index contributed by atoms with van der Waals surface area (Å²) in [5.74, 6) is -1.25. The molecule has 0 aliphatic rings. The molecule has 0 saturated carbocycles. The molecule has 2 nitrogen and oxygen atoms in total. The lowest BCUT2D eigenvalue weighted by molar-refractivity contribution is 0.233. The summed E-state index contributed by atoms with van der Waals surface area (Å²) in [7, 11) is 0. The first-order valence-corrected chi connectivity index (χ1v) is 5.39. The summed E-state index contributed by atoms with van der Waals surface area (Å²) in [6.45, 7) is 3.77. The van der Waals surface area contributed by atoms with Crippen molar-refractivity contribution < 1.29 is 13.9 Å². The molecule has 1 aromatic rings. The predicted octanol–water partition coefficient (Wildman–Crippen LogP) is 2.39. The van der Waals surface area contributed by atoms with Gasteiger partial charge in [0.1, 0.15) is 11.6 Å². The molecule has 4 heteroatoms. The van der Waals surface area contributed by atoms with Gasteiger partial charge in [0.15, 0.2) is 0 Å². The van der Waals surface area contributed by atoms with Crippen molar-refractivity contribution in [3.05, 3.63) is 35.4 Å². The molecule has 1 aromatic carbocycles. The van der Waals surface area contributed by atoms with Crippen LogP contribution in [0.4, 0.5) is 8.78 Å². The monoisotopic (exact) mass is 229 g/mol. The molecule has 0 aliphatic heterocycles. The molecule has 0 amide bonds. The molecule has 2 atom stereocenters. The van der Waals surface area contributed by atoms with Gasteiger partial charge in [0.05, 0.1) is 12.6 Å². The van der Waals surface area contributed by atoms with Crippen LogP contribution in [-0.2, 0) is 0 Å². The van der Waals surface area contributed by atoms with Crippen molar-refractivity contribution in [3.63, 3.8) is 0 Å². The number of nitrogens with one attached hydrogen (secondary N) is 1. The standard InChI is InChI=1S/C12H17F2NO/c1-3-8(2)15-12(7-16)9-4-10(13)6-11(14)5-9/h4-6,8,12,15-16H,3,7H2,1-2H3. The number of aliphatic hydroxyl groups excluding tert-OH is 1. The maximum atomic E-state index is 13.0. The molecule has 90 valence electrons. The molecule has 0 aromatic heterocycles. The van der Waals surface area contributed by atoms with Gasteiger partial charge in [0, 0.05) is 12.1 Å². The van der Waals surface area contributed by atoms with E-state index in [1.807, 2.05) is 13.8 Å². The largest absolute Gasteiger partial charge is 0.394 e. The minimum Gasteiger partial charge on any atom is -0.394 e. The summed E-state index contributed by atoms with van der Waals surface area (Å²) in [5.41, 5.74) is 0.431. The zero-order valence-electron chi connectivity index (χ0n) is 9.50. The maximum Gasteiger partial charge on any atom is 0.126 e. The average molecular weight is 229 g/mol. The average Bonchev–Trinajstić information content (AvgIpc) is 2.24. The fourth-order valence-corrected chi connectivity index (χ4v) is 1.49. The Hall–Kier alpha value is -1.00. The normalized spacial score (nSPS) is 14.8. The molecule has 0 bridgehead atoms. The van der Waals surface area contributed by atoms with Crippen LogP contribution in [-0.4, -0.2) is 17.8 Å². The van der Waals surface area contributed by atoms with Crippen LogP contribution in [0.1, 0.15) is 31.9 Å². The molecule has 0 aliphatic carbocycles. The van der Waals surface area contributed by atoms with Gasteiger partial charge in [-0.1, -0.05) is 6.92 Å². The maximum absolute atomic E-state index is 13.0. The Morgan fingerprint density at radius 2 is 1.81 bits per heavy atom. The fourth-order valence-electron chi connectivity index (χ4n) is 1.49. The van der Waals surface area contributed by atoms with E-state index < -0.39 is 17.7 Å². The van der Waals surface area contributed by atoms with E-state index in [0.717, 1.165) is 12.5 Å². The van der Waals surface area contributed by atoms with Crippen LogP contribution in [0.5, 0.6) is 0 Å². The van der Waals surface area contributed by atoms with Crippen molar-refractivity contribution in [1.82, 2.24) is 5.32 Å². The van der Waals surface area contributed by atoms with Gasteiger partial charge in [-0.15, -0.1) is 0 Å². The van der Waals surface area contributed by atoms with E-state index in [-0.39, 0.29) is 12.6 Å². The van der Waals surface area contributed by atoms with Crippen molar-refractivity contribution in [2.45, 2.75) is 32.4 Å². The van der Waals surface area contributed by atoms with Crippen LogP contribution in [0.15, 0.2) is 18.2 Å². The Bertz CT molecular complexity index is 324. The number of benzene rings is 1. The molecule has 0 spiro atoms. The molecule has 2 unspecified atom stereocenters. The number of aliphatic hydroxyl groups is 1. The Balaban J connectivity index is 2.86. The first kappa shape index (κ1) is 13.1. The lowest BCUT2D eigenvalue weighted by Gasteiger charge is -2.21. The van der Waals surface area contributed by atoms with Gasteiger partial charge in [-0.25, -0.2) is 8.78 Å². The Morgan fingerprint density at radius 3 is 2.25 bits per heavy atom. The molecule has 1 rings (SSSR count). The highest BCUT2D eigenvalue weighted by atomic mass is 19.1. The Morgan fingerprint density at radius 1 is 1.25 bits per heavy atom. The van der Waals surface area contributed by atoms with Crippen molar-refractivity contribution in [3.8, 4) is 0 Å². The molecule has 0 radical (unpaired) electrons. The molecular weight excluding hydrogens is 212 g/mol. The first-order valence-electron chi connectivity index (χ1n) is 5.39. The first-order chi connectivity index (χ1) is 7.56. The van der Waals surface area contributed by atoms with Crippen LogP contribution in [0, 0.1) is 11.6 Å². The fraction of sp³-hybridized carbons (Fsp3) is 0.500. The molecule has 0 heterocycles. The zero-order valence-corrected chi connectivity index (χ0v) is 9.50. The molecule has 0 saturated heterocycles. The third-order valence-electron chi connectivity index (χ3n) is 2.57. The van der Waals surface area contributed by atoms with Gasteiger partial charge >= 0.3 is 0 Å². The minimum absolute atomic E-state index is 0.184. The van der Waals surface area contributed by atoms with E-state index >= 15 is 0 Å². The molecule has 0 fully saturated rings. The van der Waals surface area contributed by atoms with E-state index in [9.17, 15) is 13.9 Å². The summed E-state index contributed by atoms with van der Waals surface area (Å²) in [6.07, 6.45) is 0.883. The zero-order chi connectivity index (χ0) is 12.1. The molecule has 2 N–H and O–H groups in total. The highest BCUT2D eigenvalue weighted by Crippen LogP contribution is 2.17. The van der Waals surface area contributed by atoms with E-state index in [4.69, 9.17) is 0 Å². The summed E-state index contributed by atoms with van der Waals surface area (Å²) < 4.78 is 26.0. The van der Waals surface area contributed by atoms with Crippen LogP contribution in [0.3, 0.4) is 0 Å². The lowest BCUT2D eigenvalue weighted by atomic mass is 10.1. The Labute approximate surface area is 94.3 Å². The van der Waals surface area contributed by atoms with Crippen molar-refractivity contribution in [1.29, 1.82) is 0 Å². The number of halogens is 2. The third kappa shape index (κ3) is 3.54. The van der Waals surface area contributed by atoms with E-state index in [1.165, 1.54) is 12.1 Å². The summed E-state index contributed by atoms with van der Waals surface area (Å²) >= 11 is 0. The minimum atomic E-state index is -0.626. The second kappa shape index (κ2) is 5.92. The van der Waals surface area contributed by atoms with Crippen LogP contribution in [0.2, 0.25) is 0 Å².